The van der Waals surface area contributed by atoms with Crippen molar-refractivity contribution in [1.82, 2.24) is 14.1 Å². The van der Waals surface area contributed by atoms with Crippen LogP contribution in [0.2, 0.25) is 0 Å². The lowest BCUT2D eigenvalue weighted by Crippen LogP contribution is -2.17. The van der Waals surface area contributed by atoms with Gasteiger partial charge in [-0.3, -0.25) is 4.72 Å². The highest BCUT2D eigenvalue weighted by molar-refractivity contribution is 7.93. The minimum atomic E-state index is -3.29. The summed E-state index contributed by atoms with van der Waals surface area (Å²) in [7, 11) is -1.40. The van der Waals surface area contributed by atoms with Crippen molar-refractivity contribution in [2.45, 2.75) is 37.5 Å². The number of sulfonamides is 1. The van der Waals surface area contributed by atoms with Crippen LogP contribution in [0.5, 0.6) is 11.8 Å². The van der Waals surface area contributed by atoms with Crippen molar-refractivity contribution in [3.63, 3.8) is 0 Å². The monoisotopic (exact) mass is 477 g/mol. The molecule has 9 heteroatoms. The molecule has 0 spiro atoms. The third kappa shape index (κ3) is 3.90. The molecule has 2 aromatic heterocycles. The van der Waals surface area contributed by atoms with Gasteiger partial charge in [0.25, 0.3) is 0 Å². The van der Waals surface area contributed by atoms with Crippen LogP contribution in [0.15, 0.2) is 54.9 Å². The van der Waals surface area contributed by atoms with Gasteiger partial charge < -0.3 is 19.6 Å². The quantitative estimate of drug-likeness (QED) is 0.382. The van der Waals surface area contributed by atoms with E-state index in [1.165, 1.54) is 12.8 Å². The lowest BCUT2D eigenvalue weighted by atomic mass is 10.1. The van der Waals surface area contributed by atoms with E-state index >= 15 is 0 Å². The summed E-state index contributed by atoms with van der Waals surface area (Å²) in [5, 5.41) is 0.715. The molecule has 2 fully saturated rings. The second-order valence-electron chi connectivity index (χ2n) is 9.34. The van der Waals surface area contributed by atoms with E-state index in [0.717, 1.165) is 41.5 Å². The van der Waals surface area contributed by atoms with Crippen LogP contribution < -0.4 is 15.2 Å². The van der Waals surface area contributed by atoms with Crippen LogP contribution in [0, 0.1) is 5.92 Å². The van der Waals surface area contributed by atoms with E-state index in [0.29, 0.717) is 29.1 Å². The Morgan fingerprint density at radius 3 is 2.53 bits per heavy atom. The van der Waals surface area contributed by atoms with Gasteiger partial charge in [0.1, 0.15) is 5.75 Å². The standard InChI is InChI=1S/C25H27N5O3S/c1-29-13-12-27-25(29)33-19-8-11-21-22(14-19)30(15-16-2-3-16)24(23(21)26)17-4-6-18(7-5-17)28-34(31,32)20-9-10-20/h4-8,11-14,16,20,28H,2-3,9-10,15,26H2,1H3. The molecule has 0 bridgehead atoms. The van der Waals surface area contributed by atoms with Crippen molar-refractivity contribution in [3.8, 4) is 23.0 Å². The molecule has 4 aromatic rings. The summed E-state index contributed by atoms with van der Waals surface area (Å²) in [5.74, 6) is 1.34. The zero-order valence-electron chi connectivity index (χ0n) is 18.9. The van der Waals surface area contributed by atoms with E-state index in [4.69, 9.17) is 10.5 Å². The Labute approximate surface area is 198 Å². The Morgan fingerprint density at radius 1 is 1.12 bits per heavy atom. The van der Waals surface area contributed by atoms with Crippen LogP contribution >= 0.6 is 0 Å². The van der Waals surface area contributed by atoms with Crippen molar-refractivity contribution in [2.75, 3.05) is 10.5 Å². The maximum atomic E-state index is 12.3. The molecule has 2 aliphatic rings. The number of benzene rings is 2. The van der Waals surface area contributed by atoms with Gasteiger partial charge in [0.05, 0.1) is 22.1 Å². The van der Waals surface area contributed by atoms with Gasteiger partial charge in [-0.15, -0.1) is 0 Å². The van der Waals surface area contributed by atoms with Gasteiger partial charge in [-0.2, -0.15) is 0 Å². The molecule has 0 amide bonds. The van der Waals surface area contributed by atoms with E-state index in [9.17, 15) is 8.42 Å². The number of ether oxygens (including phenoxy) is 1. The molecule has 0 saturated heterocycles. The van der Waals surface area contributed by atoms with Gasteiger partial charge in [0.2, 0.25) is 10.0 Å². The third-order valence-corrected chi connectivity index (χ3v) is 8.45. The molecule has 0 radical (unpaired) electrons. The molecule has 176 valence electrons. The number of nitrogens with two attached hydrogens (primary N) is 1. The first-order valence-electron chi connectivity index (χ1n) is 11.6. The molecule has 34 heavy (non-hydrogen) atoms. The highest BCUT2D eigenvalue weighted by Crippen LogP contribution is 2.42. The summed E-state index contributed by atoms with van der Waals surface area (Å²) in [6.45, 7) is 0.880. The van der Waals surface area contributed by atoms with E-state index in [2.05, 4.69) is 14.3 Å². The molecule has 2 aromatic carbocycles. The minimum absolute atomic E-state index is 0.258. The maximum absolute atomic E-state index is 12.3. The molecule has 2 aliphatic carbocycles. The summed E-state index contributed by atoms with van der Waals surface area (Å²) in [6, 6.07) is 13.9. The van der Waals surface area contributed by atoms with Crippen molar-refractivity contribution in [3.05, 3.63) is 54.9 Å². The van der Waals surface area contributed by atoms with Crippen molar-refractivity contribution in [1.29, 1.82) is 0 Å². The number of hydrogen-bond donors (Lipinski definition) is 2. The van der Waals surface area contributed by atoms with E-state index < -0.39 is 10.0 Å². The Balaban J connectivity index is 1.38. The second kappa shape index (κ2) is 7.80. The number of nitrogen functional groups attached to an aromatic ring is 1. The number of anilines is 2. The Hall–Kier alpha value is -3.46. The smallest absolute Gasteiger partial charge is 0.301 e. The van der Waals surface area contributed by atoms with Gasteiger partial charge in [0, 0.05) is 48.7 Å². The number of nitrogens with zero attached hydrogens (tertiary/aromatic N) is 3. The van der Waals surface area contributed by atoms with Gasteiger partial charge >= 0.3 is 6.01 Å². The molecule has 0 unspecified atom stereocenters. The first-order valence-corrected chi connectivity index (χ1v) is 13.1. The zero-order chi connectivity index (χ0) is 23.4. The lowest BCUT2D eigenvalue weighted by molar-refractivity contribution is 0.425. The van der Waals surface area contributed by atoms with E-state index in [1.807, 2.05) is 60.3 Å². The second-order valence-corrected chi connectivity index (χ2v) is 11.3. The van der Waals surface area contributed by atoms with Gasteiger partial charge in [0.15, 0.2) is 0 Å². The van der Waals surface area contributed by atoms with Crippen molar-refractivity contribution < 1.29 is 13.2 Å². The molecule has 0 aliphatic heterocycles. The van der Waals surface area contributed by atoms with Gasteiger partial charge in [-0.05, 0) is 55.9 Å². The molecule has 2 heterocycles. The largest absolute Gasteiger partial charge is 0.425 e. The fourth-order valence-electron chi connectivity index (χ4n) is 4.36. The highest BCUT2D eigenvalue weighted by atomic mass is 32.2. The number of hydrogen-bond acceptors (Lipinski definition) is 5. The Bertz CT molecular complexity index is 1480. The third-order valence-electron chi connectivity index (χ3n) is 6.58. The van der Waals surface area contributed by atoms with E-state index in [-0.39, 0.29) is 5.25 Å². The van der Waals surface area contributed by atoms with Gasteiger partial charge in [-0.1, -0.05) is 12.1 Å². The number of nitrogens with one attached hydrogen (secondary N) is 1. The Kier molecular flexibility index (Phi) is 4.84. The predicted molar refractivity (Wildman–Crippen MR) is 133 cm³/mol. The molecular formula is C25H27N5O3S. The molecule has 3 N–H and O–H groups in total. The molecule has 8 nitrogen and oxygen atoms in total. The topological polar surface area (TPSA) is 104 Å². The molecule has 0 atom stereocenters. The van der Waals surface area contributed by atoms with Gasteiger partial charge in [-0.25, -0.2) is 13.4 Å². The predicted octanol–water partition coefficient (Wildman–Crippen LogP) is 4.73. The van der Waals surface area contributed by atoms with Crippen molar-refractivity contribution in [2.24, 2.45) is 13.0 Å². The van der Waals surface area contributed by atoms with Crippen molar-refractivity contribution >= 4 is 32.3 Å². The number of rotatable bonds is 8. The average Bonchev–Trinajstić information content (AvgIpc) is 3.73. The number of fused-ring (bicyclic) bond motifs is 1. The van der Waals surface area contributed by atoms with Crippen LogP contribution in [0.3, 0.4) is 0 Å². The fraction of sp³-hybridized carbons (Fsp3) is 0.320. The van der Waals surface area contributed by atoms with Crippen LogP contribution in [0.4, 0.5) is 11.4 Å². The molecule has 6 rings (SSSR count). The number of aryl methyl sites for hydroxylation is 1. The summed E-state index contributed by atoms with van der Waals surface area (Å²) in [4.78, 5) is 4.25. The lowest BCUT2D eigenvalue weighted by Gasteiger charge is -2.13. The zero-order valence-corrected chi connectivity index (χ0v) is 19.8. The summed E-state index contributed by atoms with van der Waals surface area (Å²) in [6.07, 6.45) is 7.44. The van der Waals surface area contributed by atoms with Crippen LogP contribution in [-0.4, -0.2) is 27.8 Å². The highest BCUT2D eigenvalue weighted by Gasteiger charge is 2.35. The molecule has 2 saturated carbocycles. The van der Waals surface area contributed by atoms with Crippen LogP contribution in [0.25, 0.3) is 22.2 Å². The fourth-order valence-corrected chi connectivity index (χ4v) is 5.74. The summed E-state index contributed by atoms with van der Waals surface area (Å²) in [5.41, 5.74) is 10.9. The maximum Gasteiger partial charge on any atom is 0.301 e. The van der Waals surface area contributed by atoms with E-state index in [1.54, 1.807) is 6.20 Å². The number of imidazole rings is 1. The summed E-state index contributed by atoms with van der Waals surface area (Å²) < 4.78 is 37.4. The van der Waals surface area contributed by atoms with Crippen LogP contribution in [-0.2, 0) is 23.6 Å². The first-order chi connectivity index (χ1) is 16.4. The Morgan fingerprint density at radius 2 is 1.88 bits per heavy atom. The normalized spacial score (nSPS) is 16.1. The first kappa shape index (κ1) is 21.1. The average molecular weight is 478 g/mol. The van der Waals surface area contributed by atoms with Crippen LogP contribution in [0.1, 0.15) is 25.7 Å². The molecular weight excluding hydrogens is 450 g/mol. The number of aromatic nitrogens is 3. The minimum Gasteiger partial charge on any atom is -0.425 e. The SMILES string of the molecule is Cn1ccnc1Oc1ccc2c(N)c(-c3ccc(NS(=O)(=O)C4CC4)cc3)n(CC3CC3)c2c1. The summed E-state index contributed by atoms with van der Waals surface area (Å²) >= 11 is 0.